The minimum Gasteiger partial charge on any atom is -0.347 e. The van der Waals surface area contributed by atoms with Crippen LogP contribution in [0.25, 0.3) is 0 Å². The van der Waals surface area contributed by atoms with Crippen LogP contribution in [0.15, 0.2) is 36.7 Å². The maximum Gasteiger partial charge on any atom is 0.272 e. The third-order valence-electron chi connectivity index (χ3n) is 2.16. The van der Waals surface area contributed by atoms with Gasteiger partial charge in [0.2, 0.25) is 5.95 Å². The third-order valence-corrected chi connectivity index (χ3v) is 2.16. The molecule has 5 heteroatoms. The molecule has 0 unspecified atom stereocenters. The molecular formula is C11H10FN3O. The number of aromatic nitrogens is 2. The Bertz CT molecular complexity index is 504. The molecule has 16 heavy (non-hydrogen) atoms. The summed E-state index contributed by atoms with van der Waals surface area (Å²) in [5, 5.41) is 2.62. The molecule has 0 saturated heterocycles. The van der Waals surface area contributed by atoms with Crippen molar-refractivity contribution in [2.45, 2.75) is 0 Å². The quantitative estimate of drug-likeness (QED) is 0.783. The van der Waals surface area contributed by atoms with Crippen molar-refractivity contribution in [1.29, 1.82) is 0 Å². The van der Waals surface area contributed by atoms with Gasteiger partial charge in [0.15, 0.2) is 0 Å². The number of carbonyl (C=O) groups is 1. The molecule has 2 aromatic rings. The molecule has 1 N–H and O–H groups in total. The number of hydrogen-bond acceptors (Lipinski definition) is 2. The summed E-state index contributed by atoms with van der Waals surface area (Å²) in [6, 6.07) is 6.13. The van der Waals surface area contributed by atoms with E-state index in [-0.39, 0.29) is 5.91 Å². The lowest BCUT2D eigenvalue weighted by molar-refractivity contribution is 0.101. The monoisotopic (exact) mass is 219 g/mol. The van der Waals surface area contributed by atoms with E-state index in [9.17, 15) is 9.18 Å². The van der Waals surface area contributed by atoms with Gasteiger partial charge in [0, 0.05) is 13.2 Å². The molecule has 1 amide bonds. The first-order chi connectivity index (χ1) is 7.66. The van der Waals surface area contributed by atoms with E-state index >= 15 is 0 Å². The van der Waals surface area contributed by atoms with Crippen LogP contribution in [-0.4, -0.2) is 15.5 Å². The molecular weight excluding hydrogens is 209 g/mol. The van der Waals surface area contributed by atoms with Crippen LogP contribution in [0.2, 0.25) is 0 Å². The predicted octanol–water partition coefficient (Wildman–Crippen LogP) is 1.81. The first-order valence-corrected chi connectivity index (χ1v) is 4.71. The van der Waals surface area contributed by atoms with Gasteiger partial charge in [-0.25, -0.2) is 4.98 Å². The fraction of sp³-hybridized carbons (Fsp3) is 0.0909. The molecule has 0 aromatic carbocycles. The second kappa shape index (κ2) is 4.14. The maximum absolute atomic E-state index is 12.5. The first kappa shape index (κ1) is 10.4. The van der Waals surface area contributed by atoms with E-state index in [1.165, 1.54) is 18.3 Å². The Morgan fingerprint density at radius 3 is 2.81 bits per heavy atom. The van der Waals surface area contributed by atoms with Gasteiger partial charge in [-0.15, -0.1) is 0 Å². The Morgan fingerprint density at radius 1 is 1.44 bits per heavy atom. The molecule has 2 rings (SSSR count). The van der Waals surface area contributed by atoms with Gasteiger partial charge in [0.25, 0.3) is 5.91 Å². The lowest BCUT2D eigenvalue weighted by Gasteiger charge is -2.05. The Morgan fingerprint density at radius 2 is 2.25 bits per heavy atom. The van der Waals surface area contributed by atoms with Gasteiger partial charge in [-0.05, 0) is 24.3 Å². The lowest BCUT2D eigenvalue weighted by atomic mass is 10.3. The van der Waals surface area contributed by atoms with Crippen molar-refractivity contribution < 1.29 is 9.18 Å². The highest BCUT2D eigenvalue weighted by molar-refractivity contribution is 6.03. The van der Waals surface area contributed by atoms with Crippen LogP contribution in [0, 0.1) is 5.95 Å². The number of anilines is 1. The SMILES string of the molecule is Cn1cccc1C(=O)Nc1ccc(F)nc1. The molecule has 0 saturated carbocycles. The Labute approximate surface area is 91.7 Å². The van der Waals surface area contributed by atoms with Crippen molar-refractivity contribution in [3.8, 4) is 0 Å². The molecule has 2 aromatic heterocycles. The van der Waals surface area contributed by atoms with Gasteiger partial charge < -0.3 is 9.88 Å². The largest absolute Gasteiger partial charge is 0.347 e. The van der Waals surface area contributed by atoms with E-state index in [4.69, 9.17) is 0 Å². The zero-order valence-corrected chi connectivity index (χ0v) is 8.64. The fourth-order valence-electron chi connectivity index (χ4n) is 1.34. The molecule has 0 aliphatic heterocycles. The van der Waals surface area contributed by atoms with Gasteiger partial charge >= 0.3 is 0 Å². The number of nitrogens with one attached hydrogen (secondary N) is 1. The molecule has 0 atom stereocenters. The molecule has 4 nitrogen and oxygen atoms in total. The topological polar surface area (TPSA) is 46.9 Å². The summed E-state index contributed by atoms with van der Waals surface area (Å²) in [5.74, 6) is -0.822. The van der Waals surface area contributed by atoms with E-state index in [0.29, 0.717) is 11.4 Å². The normalized spacial score (nSPS) is 10.1. The smallest absolute Gasteiger partial charge is 0.272 e. The van der Waals surface area contributed by atoms with Crippen LogP contribution in [0.3, 0.4) is 0 Å². The van der Waals surface area contributed by atoms with Crippen molar-refractivity contribution in [3.05, 3.63) is 48.3 Å². The lowest BCUT2D eigenvalue weighted by Crippen LogP contribution is -2.15. The van der Waals surface area contributed by atoms with Gasteiger partial charge in [-0.1, -0.05) is 0 Å². The highest BCUT2D eigenvalue weighted by Crippen LogP contribution is 2.08. The summed E-state index contributed by atoms with van der Waals surface area (Å²) < 4.78 is 14.2. The summed E-state index contributed by atoms with van der Waals surface area (Å²) >= 11 is 0. The Balaban J connectivity index is 2.14. The van der Waals surface area contributed by atoms with Crippen LogP contribution < -0.4 is 5.32 Å². The van der Waals surface area contributed by atoms with Crippen molar-refractivity contribution in [3.63, 3.8) is 0 Å². The van der Waals surface area contributed by atoms with Gasteiger partial charge in [0.1, 0.15) is 5.69 Å². The van der Waals surface area contributed by atoms with Crippen LogP contribution in [0.5, 0.6) is 0 Å². The molecule has 0 radical (unpaired) electrons. The number of nitrogens with zero attached hydrogens (tertiary/aromatic N) is 2. The van der Waals surface area contributed by atoms with Crippen molar-refractivity contribution in [1.82, 2.24) is 9.55 Å². The number of rotatable bonds is 2. The van der Waals surface area contributed by atoms with Gasteiger partial charge in [-0.2, -0.15) is 4.39 Å². The molecule has 0 bridgehead atoms. The maximum atomic E-state index is 12.5. The molecule has 0 fully saturated rings. The van der Waals surface area contributed by atoms with Crippen molar-refractivity contribution in [2.24, 2.45) is 7.05 Å². The van der Waals surface area contributed by atoms with E-state index in [1.807, 2.05) is 0 Å². The number of halogens is 1. The van der Waals surface area contributed by atoms with Crippen LogP contribution in [0.1, 0.15) is 10.5 Å². The zero-order valence-electron chi connectivity index (χ0n) is 8.64. The van der Waals surface area contributed by atoms with Gasteiger partial charge in [0.05, 0.1) is 11.9 Å². The molecule has 0 spiro atoms. The average Bonchev–Trinajstić information content (AvgIpc) is 2.68. The Kier molecular flexibility index (Phi) is 2.68. The standard InChI is InChI=1S/C11H10FN3O/c1-15-6-2-3-9(15)11(16)14-8-4-5-10(12)13-7-8/h2-7H,1H3,(H,14,16). The molecule has 82 valence electrons. The summed E-state index contributed by atoms with van der Waals surface area (Å²) in [7, 11) is 1.78. The molecule has 2 heterocycles. The van der Waals surface area contributed by atoms with E-state index in [2.05, 4.69) is 10.3 Å². The van der Waals surface area contributed by atoms with Crippen LogP contribution in [0.4, 0.5) is 10.1 Å². The third kappa shape index (κ3) is 2.08. The predicted molar refractivity (Wildman–Crippen MR) is 57.6 cm³/mol. The fourth-order valence-corrected chi connectivity index (χ4v) is 1.34. The zero-order chi connectivity index (χ0) is 11.5. The molecule has 0 aliphatic carbocycles. The van der Waals surface area contributed by atoms with Crippen molar-refractivity contribution >= 4 is 11.6 Å². The second-order valence-electron chi connectivity index (χ2n) is 3.33. The Hall–Kier alpha value is -2.17. The summed E-state index contributed by atoms with van der Waals surface area (Å²) in [5.41, 5.74) is 0.997. The first-order valence-electron chi connectivity index (χ1n) is 4.71. The van der Waals surface area contributed by atoms with Crippen molar-refractivity contribution in [2.75, 3.05) is 5.32 Å². The number of amides is 1. The van der Waals surface area contributed by atoms with Gasteiger partial charge in [-0.3, -0.25) is 4.79 Å². The van der Waals surface area contributed by atoms with E-state index in [1.54, 1.807) is 29.9 Å². The number of carbonyl (C=O) groups excluding carboxylic acids is 1. The summed E-state index contributed by atoms with van der Waals surface area (Å²) in [6.07, 6.45) is 3.05. The summed E-state index contributed by atoms with van der Waals surface area (Å²) in [4.78, 5) is 15.2. The number of pyridine rings is 1. The number of hydrogen-bond donors (Lipinski definition) is 1. The summed E-state index contributed by atoms with van der Waals surface area (Å²) in [6.45, 7) is 0. The minimum atomic E-state index is -0.572. The second-order valence-corrected chi connectivity index (χ2v) is 3.33. The average molecular weight is 219 g/mol. The van der Waals surface area contributed by atoms with E-state index in [0.717, 1.165) is 0 Å². The number of aryl methyl sites for hydroxylation is 1. The molecule has 0 aliphatic rings. The van der Waals surface area contributed by atoms with Crippen LogP contribution >= 0.6 is 0 Å². The minimum absolute atomic E-state index is 0.249. The highest BCUT2D eigenvalue weighted by atomic mass is 19.1. The van der Waals surface area contributed by atoms with Crippen LogP contribution in [-0.2, 0) is 7.05 Å². The van der Waals surface area contributed by atoms with E-state index < -0.39 is 5.95 Å². The highest BCUT2D eigenvalue weighted by Gasteiger charge is 2.08.